The molecule has 0 saturated carbocycles. The van der Waals surface area contributed by atoms with Crippen LogP contribution in [0.4, 0.5) is 14.5 Å². The number of halogens is 2. The Balaban J connectivity index is 0.000000648. The molecule has 5 nitrogen and oxygen atoms in total. The summed E-state index contributed by atoms with van der Waals surface area (Å²) in [5.74, 6) is -2.74. The average Bonchev–Trinajstić information content (AvgIpc) is 2.46. The van der Waals surface area contributed by atoms with E-state index in [1.807, 2.05) is 0 Å². The van der Waals surface area contributed by atoms with Crippen LogP contribution in [0, 0.1) is 11.6 Å². The lowest BCUT2D eigenvalue weighted by Gasteiger charge is -2.21. The summed E-state index contributed by atoms with van der Waals surface area (Å²) in [6.45, 7) is 3.44. The van der Waals surface area contributed by atoms with Gasteiger partial charge in [-0.05, 0) is 44.2 Å². The maximum Gasteiger partial charge on any atom is 0.352 e. The summed E-state index contributed by atoms with van der Waals surface area (Å²) in [4.78, 5) is 18.8. The number of hydrogen-bond donors (Lipinski definition) is 4. The first-order valence-corrected chi connectivity index (χ1v) is 8.79. The van der Waals surface area contributed by atoms with E-state index in [0.717, 1.165) is 18.2 Å². The summed E-state index contributed by atoms with van der Waals surface area (Å²) < 4.78 is 38.0. The third kappa shape index (κ3) is 6.76. The zero-order valence-corrected chi connectivity index (χ0v) is 14.1. The van der Waals surface area contributed by atoms with Gasteiger partial charge in [0.1, 0.15) is 11.6 Å². The van der Waals surface area contributed by atoms with Gasteiger partial charge in [-0.1, -0.05) is 18.2 Å². The number of aliphatic hydroxyl groups excluding tert-OH is 1. The van der Waals surface area contributed by atoms with Gasteiger partial charge in [0.15, 0.2) is 5.78 Å². The lowest BCUT2D eigenvalue weighted by Crippen LogP contribution is -2.13. The molecule has 0 spiro atoms. The molecule has 0 aliphatic heterocycles. The monoisotopic (exact) mass is 359 g/mol. The molecule has 0 fully saturated rings. The Kier molecular flexibility index (Phi) is 7.51. The fourth-order valence-electron chi connectivity index (χ4n) is 1.74. The molecule has 1 unspecified atom stereocenters. The highest BCUT2D eigenvalue weighted by Gasteiger charge is 2.32. The average molecular weight is 359 g/mol. The van der Waals surface area contributed by atoms with Gasteiger partial charge in [0.25, 0.3) is 0 Å². The van der Waals surface area contributed by atoms with Crippen LogP contribution in [0.15, 0.2) is 48.5 Å². The fraction of sp³-hybridized carbons (Fsp3) is 0.250. The van der Waals surface area contributed by atoms with Crippen LogP contribution < -0.4 is 5.32 Å². The van der Waals surface area contributed by atoms with Gasteiger partial charge in [0, 0.05) is 17.4 Å². The highest BCUT2D eigenvalue weighted by Crippen LogP contribution is 2.52. The SMILES string of the molecule is CC(C)O.O=P(O)(O)C(Nc1ccc(F)cc1)c1ccccc1F. The predicted molar refractivity (Wildman–Crippen MR) is 88.6 cm³/mol. The third-order valence-corrected chi connectivity index (χ3v) is 3.76. The maximum atomic E-state index is 13.7. The van der Waals surface area contributed by atoms with Crippen molar-refractivity contribution in [3.05, 3.63) is 65.7 Å². The van der Waals surface area contributed by atoms with E-state index in [2.05, 4.69) is 5.32 Å². The number of nitrogens with one attached hydrogen (secondary N) is 1. The van der Waals surface area contributed by atoms with Crippen molar-refractivity contribution < 1.29 is 28.2 Å². The van der Waals surface area contributed by atoms with Crippen LogP contribution in [0.2, 0.25) is 0 Å². The fourth-order valence-corrected chi connectivity index (χ4v) is 2.63. The van der Waals surface area contributed by atoms with Gasteiger partial charge in [-0.2, -0.15) is 0 Å². The Morgan fingerprint density at radius 1 is 1.00 bits per heavy atom. The highest BCUT2D eigenvalue weighted by molar-refractivity contribution is 7.52. The highest BCUT2D eigenvalue weighted by atomic mass is 31.2. The van der Waals surface area contributed by atoms with Crippen LogP contribution in [0.5, 0.6) is 0 Å². The molecule has 0 aliphatic rings. The molecule has 0 bridgehead atoms. The van der Waals surface area contributed by atoms with Gasteiger partial charge in [0.05, 0.1) is 0 Å². The van der Waals surface area contributed by atoms with Crippen LogP contribution >= 0.6 is 7.60 Å². The van der Waals surface area contributed by atoms with Crippen LogP contribution in [0.25, 0.3) is 0 Å². The summed E-state index contributed by atoms with van der Waals surface area (Å²) in [6.07, 6.45) is -0.167. The van der Waals surface area contributed by atoms with E-state index < -0.39 is 25.0 Å². The van der Waals surface area contributed by atoms with Crippen molar-refractivity contribution in [1.29, 1.82) is 0 Å². The van der Waals surface area contributed by atoms with Crippen molar-refractivity contribution in [1.82, 2.24) is 0 Å². The molecule has 132 valence electrons. The normalized spacial score (nSPS) is 12.3. The van der Waals surface area contributed by atoms with Crippen LogP contribution in [0.1, 0.15) is 25.2 Å². The zero-order valence-electron chi connectivity index (χ0n) is 13.2. The van der Waals surface area contributed by atoms with Crippen molar-refractivity contribution in [3.63, 3.8) is 0 Å². The second-order valence-corrected chi connectivity index (χ2v) is 6.95. The van der Waals surface area contributed by atoms with E-state index in [1.54, 1.807) is 13.8 Å². The van der Waals surface area contributed by atoms with E-state index in [1.165, 1.54) is 30.3 Å². The summed E-state index contributed by atoms with van der Waals surface area (Å²) in [6, 6.07) is 10.2. The summed E-state index contributed by atoms with van der Waals surface area (Å²) >= 11 is 0. The first kappa shape index (κ1) is 20.3. The second kappa shape index (κ2) is 8.89. The largest absolute Gasteiger partial charge is 0.394 e. The number of aliphatic hydroxyl groups is 1. The molecular formula is C16H20F2NO4P. The van der Waals surface area contributed by atoms with Crippen molar-refractivity contribution >= 4 is 13.3 Å². The van der Waals surface area contributed by atoms with Gasteiger partial charge < -0.3 is 20.2 Å². The Bertz CT molecular complexity index is 686. The van der Waals surface area contributed by atoms with Crippen LogP contribution in [-0.2, 0) is 4.57 Å². The quantitative estimate of drug-likeness (QED) is 0.626. The zero-order chi connectivity index (χ0) is 18.3. The Hall–Kier alpha value is -1.79. The standard InChI is InChI=1S/C13H12F2NO3P.C3H8O/c14-9-5-7-10(8-6-9)16-13(20(17,18)19)11-3-1-2-4-12(11)15;1-3(2)4/h1-8,13,16H,(H2,17,18,19);3-4H,1-2H3. The van der Waals surface area contributed by atoms with E-state index in [0.29, 0.717) is 0 Å². The molecular weight excluding hydrogens is 339 g/mol. The molecule has 8 heteroatoms. The van der Waals surface area contributed by atoms with Crippen LogP contribution in [-0.4, -0.2) is 21.0 Å². The maximum absolute atomic E-state index is 13.7. The lowest BCUT2D eigenvalue weighted by atomic mass is 10.2. The first-order chi connectivity index (χ1) is 11.1. The molecule has 0 heterocycles. The van der Waals surface area contributed by atoms with E-state index in [4.69, 9.17) is 5.11 Å². The van der Waals surface area contributed by atoms with Crippen molar-refractivity contribution in [2.24, 2.45) is 0 Å². The van der Waals surface area contributed by atoms with Gasteiger partial charge in [-0.15, -0.1) is 0 Å². The summed E-state index contributed by atoms with van der Waals surface area (Å²) in [7, 11) is -4.65. The minimum Gasteiger partial charge on any atom is -0.394 e. The second-order valence-electron chi connectivity index (χ2n) is 5.26. The molecule has 2 aromatic carbocycles. The Morgan fingerprint density at radius 3 is 1.96 bits per heavy atom. The molecule has 1 atom stereocenters. The molecule has 2 rings (SSSR count). The lowest BCUT2D eigenvalue weighted by molar-refractivity contribution is 0.216. The van der Waals surface area contributed by atoms with Gasteiger partial charge >= 0.3 is 7.60 Å². The van der Waals surface area contributed by atoms with E-state index >= 15 is 0 Å². The third-order valence-electron chi connectivity index (χ3n) is 2.68. The topological polar surface area (TPSA) is 89.8 Å². The number of benzene rings is 2. The molecule has 2 aromatic rings. The first-order valence-electron chi connectivity index (χ1n) is 7.11. The molecule has 0 aliphatic carbocycles. The molecule has 0 radical (unpaired) electrons. The molecule has 0 amide bonds. The minimum absolute atomic E-state index is 0.148. The van der Waals surface area contributed by atoms with E-state index in [-0.39, 0.29) is 17.4 Å². The predicted octanol–water partition coefficient (Wildman–Crippen LogP) is 3.64. The van der Waals surface area contributed by atoms with E-state index in [9.17, 15) is 23.1 Å². The smallest absolute Gasteiger partial charge is 0.352 e. The molecule has 0 aromatic heterocycles. The number of rotatable bonds is 4. The van der Waals surface area contributed by atoms with Gasteiger partial charge in [0.2, 0.25) is 0 Å². The van der Waals surface area contributed by atoms with Crippen LogP contribution in [0.3, 0.4) is 0 Å². The van der Waals surface area contributed by atoms with Gasteiger partial charge in [-0.25, -0.2) is 8.78 Å². The summed E-state index contributed by atoms with van der Waals surface area (Å²) in [5.41, 5.74) is 0.133. The van der Waals surface area contributed by atoms with Crippen molar-refractivity contribution in [2.45, 2.75) is 25.7 Å². The Morgan fingerprint density at radius 2 is 1.50 bits per heavy atom. The van der Waals surface area contributed by atoms with Crippen molar-refractivity contribution in [2.75, 3.05) is 5.32 Å². The molecule has 4 N–H and O–H groups in total. The Labute approximate surface area is 139 Å². The number of anilines is 1. The van der Waals surface area contributed by atoms with Crippen molar-refractivity contribution in [3.8, 4) is 0 Å². The number of hydrogen-bond acceptors (Lipinski definition) is 3. The molecule has 24 heavy (non-hydrogen) atoms. The minimum atomic E-state index is -4.65. The molecule has 0 saturated heterocycles. The summed E-state index contributed by atoms with van der Waals surface area (Å²) in [5, 5.41) is 10.6. The van der Waals surface area contributed by atoms with Gasteiger partial charge in [-0.3, -0.25) is 4.57 Å².